The molecule has 2 aromatic rings. The summed E-state index contributed by atoms with van der Waals surface area (Å²) < 4.78 is 18.3. The first-order valence-corrected chi connectivity index (χ1v) is 5.68. The van der Waals surface area contributed by atoms with Crippen molar-refractivity contribution in [2.75, 3.05) is 12.8 Å². The number of benzene rings is 1. The molecule has 7 heteroatoms. The van der Waals surface area contributed by atoms with Gasteiger partial charge < -0.3 is 15.6 Å². The second-order valence-corrected chi connectivity index (χ2v) is 4.41. The van der Waals surface area contributed by atoms with Gasteiger partial charge in [0.05, 0.1) is 7.11 Å². The Balaban J connectivity index is 2.68. The maximum atomic E-state index is 13.3. The van der Waals surface area contributed by atoms with Gasteiger partial charge in [-0.05, 0) is 18.2 Å². The predicted molar refractivity (Wildman–Crippen MR) is 65.4 cm³/mol. The number of thiazole rings is 1. The monoisotopic (exact) mass is 268 g/mol. The number of nitrogen functional groups attached to an aromatic ring is 1. The molecule has 0 radical (unpaired) electrons. The summed E-state index contributed by atoms with van der Waals surface area (Å²) in [6.45, 7) is 0. The van der Waals surface area contributed by atoms with Crippen molar-refractivity contribution in [1.82, 2.24) is 4.98 Å². The normalized spacial score (nSPS) is 10.3. The topological polar surface area (TPSA) is 85.4 Å². The van der Waals surface area contributed by atoms with E-state index in [2.05, 4.69) is 4.98 Å². The van der Waals surface area contributed by atoms with Gasteiger partial charge in [-0.3, -0.25) is 0 Å². The molecule has 0 aliphatic rings. The van der Waals surface area contributed by atoms with E-state index in [0.29, 0.717) is 5.75 Å². The number of hydrogen-bond donors (Lipinski definition) is 2. The van der Waals surface area contributed by atoms with E-state index in [-0.39, 0.29) is 21.3 Å². The first-order valence-electron chi connectivity index (χ1n) is 4.86. The van der Waals surface area contributed by atoms with E-state index < -0.39 is 11.8 Å². The summed E-state index contributed by atoms with van der Waals surface area (Å²) >= 11 is 0.831. The minimum absolute atomic E-state index is 0.0450. The number of ether oxygens (including phenoxy) is 1. The van der Waals surface area contributed by atoms with Gasteiger partial charge in [0.25, 0.3) is 0 Å². The first kappa shape index (κ1) is 12.3. The van der Waals surface area contributed by atoms with Crippen LogP contribution in [0.4, 0.5) is 9.52 Å². The second kappa shape index (κ2) is 4.61. The van der Waals surface area contributed by atoms with Crippen LogP contribution in [0.5, 0.6) is 5.75 Å². The fourth-order valence-electron chi connectivity index (χ4n) is 1.53. The Morgan fingerprint density at radius 2 is 2.28 bits per heavy atom. The number of carboxylic acids is 1. The van der Waals surface area contributed by atoms with Crippen LogP contribution in [0.2, 0.25) is 0 Å². The van der Waals surface area contributed by atoms with Crippen LogP contribution in [-0.4, -0.2) is 23.2 Å². The van der Waals surface area contributed by atoms with Crippen LogP contribution >= 0.6 is 11.3 Å². The highest BCUT2D eigenvalue weighted by Gasteiger charge is 2.21. The van der Waals surface area contributed by atoms with Gasteiger partial charge in [0, 0.05) is 5.56 Å². The molecule has 0 fully saturated rings. The smallest absolute Gasteiger partial charge is 0.348 e. The fourth-order valence-corrected chi connectivity index (χ4v) is 2.22. The molecule has 5 nitrogen and oxygen atoms in total. The van der Waals surface area contributed by atoms with Crippen LogP contribution in [0.3, 0.4) is 0 Å². The van der Waals surface area contributed by atoms with Gasteiger partial charge in [-0.25, -0.2) is 14.2 Å². The molecule has 18 heavy (non-hydrogen) atoms. The Bertz CT molecular complexity index is 612. The third-order valence-corrected chi connectivity index (χ3v) is 3.13. The summed E-state index contributed by atoms with van der Waals surface area (Å²) in [4.78, 5) is 14.9. The van der Waals surface area contributed by atoms with Crippen molar-refractivity contribution < 1.29 is 19.0 Å². The lowest BCUT2D eigenvalue weighted by molar-refractivity contribution is 0.0702. The van der Waals surface area contributed by atoms with Gasteiger partial charge in [0.2, 0.25) is 0 Å². The molecular weight excluding hydrogens is 259 g/mol. The van der Waals surface area contributed by atoms with Gasteiger partial charge >= 0.3 is 5.97 Å². The lowest BCUT2D eigenvalue weighted by Gasteiger charge is -2.06. The van der Waals surface area contributed by atoms with Gasteiger partial charge in [-0.15, -0.1) is 0 Å². The zero-order valence-electron chi connectivity index (χ0n) is 9.31. The average Bonchev–Trinajstić information content (AvgIpc) is 2.71. The molecule has 0 aliphatic carbocycles. The molecule has 0 spiro atoms. The van der Waals surface area contributed by atoms with Gasteiger partial charge in [0.15, 0.2) is 5.13 Å². The number of nitrogens with zero attached hydrogens (tertiary/aromatic N) is 1. The number of anilines is 1. The minimum atomic E-state index is -1.16. The number of aromatic nitrogens is 1. The van der Waals surface area contributed by atoms with Crippen LogP contribution < -0.4 is 10.5 Å². The quantitative estimate of drug-likeness (QED) is 0.891. The van der Waals surface area contributed by atoms with E-state index in [0.717, 1.165) is 11.3 Å². The third-order valence-electron chi connectivity index (χ3n) is 2.25. The number of nitrogens with two attached hydrogens (primary N) is 1. The Morgan fingerprint density at radius 3 is 2.89 bits per heavy atom. The first-order chi connectivity index (χ1) is 8.52. The van der Waals surface area contributed by atoms with Crippen molar-refractivity contribution in [3.63, 3.8) is 0 Å². The molecule has 1 aromatic carbocycles. The molecule has 94 valence electrons. The second-order valence-electron chi connectivity index (χ2n) is 3.38. The van der Waals surface area contributed by atoms with Gasteiger partial charge in [-0.1, -0.05) is 11.3 Å². The highest BCUT2D eigenvalue weighted by molar-refractivity contribution is 7.17. The van der Waals surface area contributed by atoms with Gasteiger partial charge in [-0.2, -0.15) is 0 Å². The number of aromatic carboxylic acids is 1. The lowest BCUT2D eigenvalue weighted by atomic mass is 10.1. The molecule has 0 aliphatic heterocycles. The largest absolute Gasteiger partial charge is 0.496 e. The zero-order chi connectivity index (χ0) is 13.3. The number of hydrogen-bond acceptors (Lipinski definition) is 5. The van der Waals surface area contributed by atoms with Crippen LogP contribution in [0.1, 0.15) is 9.67 Å². The lowest BCUT2D eigenvalue weighted by Crippen LogP contribution is -1.97. The standard InChI is InChI=1S/C11H9FN2O3S/c1-17-7-3-2-5(12)4-6(7)8-9(10(15)16)18-11(13)14-8/h2-4H,1H3,(H2,13,14)(H,15,16). The minimum Gasteiger partial charge on any atom is -0.496 e. The summed E-state index contributed by atoms with van der Waals surface area (Å²) in [5, 5.41) is 9.16. The highest BCUT2D eigenvalue weighted by Crippen LogP contribution is 2.35. The van der Waals surface area contributed by atoms with E-state index in [9.17, 15) is 9.18 Å². The summed E-state index contributed by atoms with van der Waals surface area (Å²) in [5.74, 6) is -1.33. The molecule has 1 heterocycles. The average molecular weight is 268 g/mol. The summed E-state index contributed by atoms with van der Waals surface area (Å²) in [6.07, 6.45) is 0. The maximum Gasteiger partial charge on any atom is 0.348 e. The van der Waals surface area contributed by atoms with Gasteiger partial charge in [0.1, 0.15) is 22.1 Å². The molecular formula is C11H9FN2O3S. The number of methoxy groups -OCH3 is 1. The molecule has 1 aromatic heterocycles. The molecule has 0 atom stereocenters. The van der Waals surface area contributed by atoms with E-state index >= 15 is 0 Å². The SMILES string of the molecule is COc1ccc(F)cc1-c1nc(N)sc1C(=O)O. The molecule has 0 bridgehead atoms. The molecule has 0 unspecified atom stereocenters. The number of halogens is 1. The highest BCUT2D eigenvalue weighted by atomic mass is 32.1. The van der Waals surface area contributed by atoms with Crippen LogP contribution in [-0.2, 0) is 0 Å². The summed E-state index contributed by atoms with van der Waals surface area (Å²) in [7, 11) is 1.41. The summed E-state index contributed by atoms with van der Waals surface area (Å²) in [6, 6.07) is 3.80. The number of carbonyl (C=O) groups is 1. The number of carboxylic acid groups (broad SMARTS) is 1. The number of rotatable bonds is 3. The van der Waals surface area contributed by atoms with E-state index in [1.807, 2.05) is 0 Å². The molecule has 3 N–H and O–H groups in total. The maximum absolute atomic E-state index is 13.3. The van der Waals surface area contributed by atoms with Crippen LogP contribution in [0.25, 0.3) is 11.3 Å². The van der Waals surface area contributed by atoms with Crippen LogP contribution in [0.15, 0.2) is 18.2 Å². The van der Waals surface area contributed by atoms with Crippen molar-refractivity contribution in [1.29, 1.82) is 0 Å². The summed E-state index contributed by atoms with van der Waals surface area (Å²) in [5.41, 5.74) is 5.87. The zero-order valence-corrected chi connectivity index (χ0v) is 10.1. The van der Waals surface area contributed by atoms with Crippen molar-refractivity contribution >= 4 is 22.4 Å². The Morgan fingerprint density at radius 1 is 1.56 bits per heavy atom. The third kappa shape index (κ3) is 2.12. The molecule has 0 saturated heterocycles. The van der Waals surface area contributed by atoms with Crippen molar-refractivity contribution in [3.05, 3.63) is 28.9 Å². The Kier molecular flexibility index (Phi) is 3.15. The van der Waals surface area contributed by atoms with E-state index in [4.69, 9.17) is 15.6 Å². The molecule has 2 rings (SSSR count). The predicted octanol–water partition coefficient (Wildman–Crippen LogP) is 2.24. The van der Waals surface area contributed by atoms with Crippen molar-refractivity contribution in [2.24, 2.45) is 0 Å². The van der Waals surface area contributed by atoms with E-state index in [1.165, 1.54) is 25.3 Å². The molecule has 0 saturated carbocycles. The van der Waals surface area contributed by atoms with Crippen LogP contribution in [0, 0.1) is 5.82 Å². The Labute approximate surface area is 106 Å². The Hall–Kier alpha value is -2.15. The molecule has 0 amide bonds. The van der Waals surface area contributed by atoms with Crippen molar-refractivity contribution in [3.8, 4) is 17.0 Å². The van der Waals surface area contributed by atoms with Crippen molar-refractivity contribution in [2.45, 2.75) is 0 Å². The van der Waals surface area contributed by atoms with E-state index in [1.54, 1.807) is 0 Å². The fraction of sp³-hybridized carbons (Fsp3) is 0.0909.